The molecule has 1 aliphatic rings. The standard InChI is InChI=1S/C17H15Cl2FN4O3/c1-10(25)21-6-13-8-24(17(26)27-13)12-2-3-15(14(20)5-12)23-7-11(22-9-23)4-16(18)19/h2-5,7,9,13H,6,8H2,1H3,(H,21,25)/t13-/m0/s1. The fourth-order valence-electron chi connectivity index (χ4n) is 2.63. The average Bonchev–Trinajstić information content (AvgIpc) is 3.19. The van der Waals surface area contributed by atoms with Gasteiger partial charge in [0.2, 0.25) is 5.91 Å². The molecule has 1 aromatic heterocycles. The number of halogens is 3. The van der Waals surface area contributed by atoms with E-state index in [0.717, 1.165) is 0 Å². The fraction of sp³-hybridized carbons (Fsp3) is 0.235. The van der Waals surface area contributed by atoms with Gasteiger partial charge in [0.05, 0.1) is 36.5 Å². The molecule has 10 heteroatoms. The molecule has 142 valence electrons. The molecular formula is C17H15Cl2FN4O3. The zero-order chi connectivity index (χ0) is 19.6. The number of hydrogen-bond acceptors (Lipinski definition) is 4. The van der Waals surface area contributed by atoms with Crippen LogP contribution in [0.25, 0.3) is 11.8 Å². The predicted molar refractivity (Wildman–Crippen MR) is 99.5 cm³/mol. The summed E-state index contributed by atoms with van der Waals surface area (Å²) in [6.07, 6.45) is 3.34. The van der Waals surface area contributed by atoms with Crippen LogP contribution < -0.4 is 10.2 Å². The molecule has 1 fully saturated rings. The zero-order valence-electron chi connectivity index (χ0n) is 14.2. The first-order valence-electron chi connectivity index (χ1n) is 7.92. The number of cyclic esters (lactones) is 1. The van der Waals surface area contributed by atoms with Crippen LogP contribution in [0.5, 0.6) is 0 Å². The smallest absolute Gasteiger partial charge is 0.414 e. The van der Waals surface area contributed by atoms with E-state index in [-0.39, 0.29) is 29.2 Å². The molecule has 0 bridgehead atoms. The number of rotatable bonds is 5. The van der Waals surface area contributed by atoms with E-state index < -0.39 is 18.0 Å². The van der Waals surface area contributed by atoms with Gasteiger partial charge in [-0.1, -0.05) is 23.2 Å². The van der Waals surface area contributed by atoms with Crippen LogP contribution in [-0.4, -0.2) is 40.7 Å². The third-order valence-electron chi connectivity index (χ3n) is 3.83. The van der Waals surface area contributed by atoms with E-state index in [1.54, 1.807) is 12.3 Å². The molecule has 2 amide bonds. The topological polar surface area (TPSA) is 76.5 Å². The van der Waals surface area contributed by atoms with E-state index in [0.29, 0.717) is 11.4 Å². The molecule has 7 nitrogen and oxygen atoms in total. The summed E-state index contributed by atoms with van der Waals surface area (Å²) in [5, 5.41) is 2.59. The van der Waals surface area contributed by atoms with Gasteiger partial charge in [0, 0.05) is 13.1 Å². The van der Waals surface area contributed by atoms with Gasteiger partial charge in [0.1, 0.15) is 16.4 Å². The van der Waals surface area contributed by atoms with Gasteiger partial charge in [-0.25, -0.2) is 14.2 Å². The highest BCUT2D eigenvalue weighted by Crippen LogP contribution is 2.26. The molecule has 0 aliphatic carbocycles. The summed E-state index contributed by atoms with van der Waals surface area (Å²) in [6.45, 7) is 1.79. The molecule has 1 aromatic carbocycles. The summed E-state index contributed by atoms with van der Waals surface area (Å²) in [5.74, 6) is -0.764. The van der Waals surface area contributed by atoms with Crippen molar-refractivity contribution >= 4 is 47.0 Å². The highest BCUT2D eigenvalue weighted by Gasteiger charge is 2.32. The van der Waals surface area contributed by atoms with E-state index in [2.05, 4.69) is 10.3 Å². The number of benzene rings is 1. The lowest BCUT2D eigenvalue weighted by Gasteiger charge is -2.14. The van der Waals surface area contributed by atoms with Gasteiger partial charge in [0.15, 0.2) is 0 Å². The third kappa shape index (κ3) is 4.58. The zero-order valence-corrected chi connectivity index (χ0v) is 15.7. The lowest BCUT2D eigenvalue weighted by atomic mass is 10.2. The lowest BCUT2D eigenvalue weighted by molar-refractivity contribution is -0.119. The van der Waals surface area contributed by atoms with Crippen LogP contribution >= 0.6 is 23.2 Å². The quantitative estimate of drug-likeness (QED) is 0.817. The highest BCUT2D eigenvalue weighted by molar-refractivity contribution is 6.57. The van der Waals surface area contributed by atoms with Crippen molar-refractivity contribution in [3.63, 3.8) is 0 Å². The molecular weight excluding hydrogens is 398 g/mol. The molecule has 0 spiro atoms. The summed E-state index contributed by atoms with van der Waals surface area (Å²) in [4.78, 5) is 28.4. The second kappa shape index (κ2) is 7.98. The summed E-state index contributed by atoms with van der Waals surface area (Å²) in [5.41, 5.74) is 1.08. The Hall–Kier alpha value is -2.58. The van der Waals surface area contributed by atoms with E-state index >= 15 is 0 Å². The van der Waals surface area contributed by atoms with Crippen LogP contribution in [0.2, 0.25) is 0 Å². The van der Waals surface area contributed by atoms with Crippen molar-refractivity contribution in [3.05, 3.63) is 46.7 Å². The molecule has 1 N–H and O–H groups in total. The average molecular weight is 413 g/mol. The van der Waals surface area contributed by atoms with Crippen molar-refractivity contribution in [3.8, 4) is 5.69 Å². The lowest BCUT2D eigenvalue weighted by Crippen LogP contribution is -2.33. The Morgan fingerprint density at radius 1 is 1.48 bits per heavy atom. The SMILES string of the molecule is CC(=O)NC[C@H]1CN(c2ccc(-n3cnc(C=C(Cl)Cl)c3)c(F)c2)C(=O)O1. The summed E-state index contributed by atoms with van der Waals surface area (Å²) in [7, 11) is 0. The molecule has 0 unspecified atom stereocenters. The third-order valence-corrected chi connectivity index (χ3v) is 4.05. The molecule has 0 saturated carbocycles. The number of aromatic nitrogens is 2. The molecule has 2 heterocycles. The Bertz CT molecular complexity index is 911. The van der Waals surface area contributed by atoms with Gasteiger partial charge in [-0.15, -0.1) is 0 Å². The minimum atomic E-state index is -0.593. The van der Waals surface area contributed by atoms with E-state index in [1.165, 1.54) is 40.9 Å². The minimum absolute atomic E-state index is 0.0393. The van der Waals surface area contributed by atoms with Crippen molar-refractivity contribution in [2.24, 2.45) is 0 Å². The van der Waals surface area contributed by atoms with Crippen LogP contribution in [0, 0.1) is 5.82 Å². The number of nitrogens with one attached hydrogen (secondary N) is 1. The maximum atomic E-state index is 14.6. The summed E-state index contributed by atoms with van der Waals surface area (Å²) < 4.78 is 21.3. The normalized spacial score (nSPS) is 16.2. The van der Waals surface area contributed by atoms with Gasteiger partial charge in [-0.05, 0) is 24.3 Å². The van der Waals surface area contributed by atoms with Crippen molar-refractivity contribution in [1.29, 1.82) is 0 Å². The molecule has 2 aromatic rings. The van der Waals surface area contributed by atoms with Gasteiger partial charge in [-0.3, -0.25) is 9.69 Å². The number of imidazole rings is 1. The van der Waals surface area contributed by atoms with E-state index in [4.69, 9.17) is 27.9 Å². The molecule has 1 aliphatic heterocycles. The van der Waals surface area contributed by atoms with Crippen molar-refractivity contribution in [2.75, 3.05) is 18.0 Å². The maximum Gasteiger partial charge on any atom is 0.414 e. The fourth-order valence-corrected chi connectivity index (χ4v) is 2.85. The second-order valence-electron chi connectivity index (χ2n) is 5.83. The van der Waals surface area contributed by atoms with Crippen LogP contribution in [0.1, 0.15) is 12.6 Å². The molecule has 3 rings (SSSR count). The Morgan fingerprint density at radius 3 is 2.93 bits per heavy atom. The second-order valence-corrected chi connectivity index (χ2v) is 6.84. The van der Waals surface area contributed by atoms with Gasteiger partial charge < -0.3 is 14.6 Å². The molecule has 1 atom stereocenters. The first kappa shape index (κ1) is 19.2. The van der Waals surface area contributed by atoms with Crippen molar-refractivity contribution in [1.82, 2.24) is 14.9 Å². The van der Waals surface area contributed by atoms with Gasteiger partial charge >= 0.3 is 6.09 Å². The van der Waals surface area contributed by atoms with Gasteiger partial charge in [-0.2, -0.15) is 0 Å². The number of amides is 2. The Balaban J connectivity index is 1.77. The number of carbonyl (C=O) groups is 2. The summed E-state index contributed by atoms with van der Waals surface area (Å²) in [6, 6.07) is 4.36. The van der Waals surface area contributed by atoms with Crippen molar-refractivity contribution in [2.45, 2.75) is 13.0 Å². The number of ether oxygens (including phenoxy) is 1. The Kier molecular flexibility index (Phi) is 5.67. The van der Waals surface area contributed by atoms with Crippen LogP contribution in [0.3, 0.4) is 0 Å². The van der Waals surface area contributed by atoms with Gasteiger partial charge in [0.25, 0.3) is 0 Å². The number of hydrogen-bond donors (Lipinski definition) is 1. The first-order chi connectivity index (χ1) is 12.8. The number of carbonyl (C=O) groups excluding carboxylic acids is 2. The molecule has 1 saturated heterocycles. The maximum absolute atomic E-state index is 14.6. The molecule has 0 radical (unpaired) electrons. The predicted octanol–water partition coefficient (Wildman–Crippen LogP) is 3.25. The van der Waals surface area contributed by atoms with E-state index in [1.807, 2.05) is 0 Å². The first-order valence-corrected chi connectivity index (χ1v) is 8.68. The Labute approximate surface area is 164 Å². The largest absolute Gasteiger partial charge is 0.442 e. The molecule has 27 heavy (non-hydrogen) atoms. The minimum Gasteiger partial charge on any atom is -0.442 e. The number of anilines is 1. The van der Waals surface area contributed by atoms with Crippen LogP contribution in [0.15, 0.2) is 35.2 Å². The highest BCUT2D eigenvalue weighted by atomic mass is 35.5. The Morgan fingerprint density at radius 2 is 2.26 bits per heavy atom. The summed E-state index contributed by atoms with van der Waals surface area (Å²) >= 11 is 11.2. The number of nitrogens with zero attached hydrogens (tertiary/aromatic N) is 3. The van der Waals surface area contributed by atoms with Crippen LogP contribution in [0.4, 0.5) is 14.9 Å². The van der Waals surface area contributed by atoms with Crippen molar-refractivity contribution < 1.29 is 18.7 Å². The van der Waals surface area contributed by atoms with Crippen LogP contribution in [-0.2, 0) is 9.53 Å². The monoisotopic (exact) mass is 412 g/mol. The van der Waals surface area contributed by atoms with E-state index in [9.17, 15) is 14.0 Å².